The van der Waals surface area contributed by atoms with Gasteiger partial charge in [-0.05, 0) is 73.9 Å². The van der Waals surface area contributed by atoms with Crippen LogP contribution in [0.5, 0.6) is 17.2 Å². The van der Waals surface area contributed by atoms with Crippen LogP contribution in [0.4, 0.5) is 0 Å². The van der Waals surface area contributed by atoms with Crippen molar-refractivity contribution in [1.82, 2.24) is 51.0 Å². The number of aromatic hydroxyl groups is 1. The molecule has 0 aliphatic carbocycles. The molecule has 3 aliphatic rings. The molecule has 0 unspecified atom stereocenters. The third-order valence-electron chi connectivity index (χ3n) is 15.3. The Labute approximate surface area is 550 Å². The summed E-state index contributed by atoms with van der Waals surface area (Å²) in [5.74, 6) is -9.03. The average molecular weight is 1310 g/mol. The van der Waals surface area contributed by atoms with E-state index >= 15 is 0 Å². The number of carbonyl (C=O) groups excluding carboxylic acids is 7. The standard InChI is InChI=1S/C57H69N11O20S2.Na/c1-28-25-67-47(48(28)75)53(80)59-23-34(70)21-37(60-49(76)32-10-8-31(9-11-32)38-27-68-57(61-38)89-54(65-68)33-12-14-36(15-13-33)85-18-6-5-17-84-4)50(77)62-44(29(2)69)55(81)66-26-35(71)22-39(66)51(78)63-45(52(79)64-46(56(67)82)42(74)24-58-3)41(73)19-30-7-16-40(72)43(20-30)86-90-88-87-83;/h7-16,20,27-29,34-35,37,39,41-42,44-48,69-75,83H,5-6,17-19,21-26H2,1-2,4H3,(H,59,80)(H,60,76)(H,62,77)(H,63,78)(H,64,79);/q;+1/p-1/t28-,29+,34+,35+,37+,39+,41-,42-,44+,45+,46+,47+,48+;/m1./s1. The van der Waals surface area contributed by atoms with E-state index in [1.165, 1.54) is 36.5 Å². The number of nitrogens with zero attached hydrogens (tertiary/aromatic N) is 6. The molecule has 3 saturated heterocycles. The van der Waals surface area contributed by atoms with Gasteiger partial charge in [0, 0.05) is 75.2 Å². The Balaban J connectivity index is 0.0000118. The SMILES string of the molecule is [C-]#[N+]C[C@@H](O)[C@@H]1NC(=O)[C@H]([C@H](O)Cc2ccc(O)c(OSOO[O-])c2)NC(=O)[C@@H]2C[C@H](O)CN2C(=O)[C@H]([C@H](C)O)NC(=O)[C@@H](NC(=O)c2ccc(-c3cn4nc(-c5ccc(OCCCCOC)cc5)sc4n3)cc2)C[C@H](O)CNC(=O)[C@@H]2[C@@H](O)[C@H](C)CN2C1=O.[Na+]. The summed E-state index contributed by atoms with van der Waals surface area (Å²) in [6.45, 7) is 8.80. The second-order valence-electron chi connectivity index (χ2n) is 21.8. The van der Waals surface area contributed by atoms with Crippen LogP contribution in [0.2, 0.25) is 0 Å². The van der Waals surface area contributed by atoms with Crippen LogP contribution in [-0.2, 0) is 49.3 Å². The first kappa shape index (κ1) is 71.3. The van der Waals surface area contributed by atoms with Gasteiger partial charge in [0.05, 0.1) is 49.0 Å². The van der Waals surface area contributed by atoms with E-state index in [0.717, 1.165) is 53.0 Å². The molecule has 3 fully saturated rings. The molecule has 12 N–H and O–H groups in total. The minimum Gasteiger partial charge on any atom is -0.691 e. The summed E-state index contributed by atoms with van der Waals surface area (Å²) in [6.07, 6.45) is -8.93. The summed E-state index contributed by atoms with van der Waals surface area (Å²) in [4.78, 5) is 111. The zero-order valence-electron chi connectivity index (χ0n) is 49.6. The van der Waals surface area contributed by atoms with Crippen LogP contribution >= 0.6 is 23.7 Å². The summed E-state index contributed by atoms with van der Waals surface area (Å²) >= 11 is 1.35. The number of rotatable bonds is 20. The fourth-order valence-electron chi connectivity index (χ4n) is 10.5. The van der Waals surface area contributed by atoms with Crippen LogP contribution in [0.25, 0.3) is 31.6 Å². The fraction of sp³-hybridized carbons (Fsp3) is 0.474. The minimum absolute atomic E-state index is 0. The molecule has 5 heterocycles. The molecule has 8 rings (SSSR count). The van der Waals surface area contributed by atoms with Crippen molar-refractivity contribution in [3.63, 3.8) is 0 Å². The van der Waals surface area contributed by atoms with Gasteiger partial charge in [-0.25, -0.2) is 16.1 Å². The van der Waals surface area contributed by atoms with Gasteiger partial charge in [-0.3, -0.25) is 38.6 Å². The molecule has 7 amide bonds. The molecule has 13 atom stereocenters. The van der Waals surface area contributed by atoms with E-state index in [1.807, 2.05) is 24.3 Å². The molecule has 3 aromatic carbocycles. The molecular weight excluding hydrogens is 1250 g/mol. The topological polar surface area (TPSA) is 431 Å². The number of phenols is 1. The first-order chi connectivity index (χ1) is 43.1. The zero-order valence-corrected chi connectivity index (χ0v) is 53.3. The minimum atomic E-state index is -2.16. The quantitative estimate of drug-likeness (QED) is 0.00865. The number of methoxy groups -OCH3 is 1. The Hall–Kier alpha value is -7.11. The van der Waals surface area contributed by atoms with E-state index in [-0.39, 0.29) is 65.3 Å². The average Bonchev–Trinajstić information content (AvgIpc) is 1.72. The molecule has 0 bridgehead atoms. The summed E-state index contributed by atoms with van der Waals surface area (Å²) in [6, 6.07) is 5.62. The molecule has 0 spiro atoms. The van der Waals surface area contributed by atoms with E-state index < -0.39 is 165 Å². The number of benzene rings is 3. The van der Waals surface area contributed by atoms with Gasteiger partial charge in [-0.2, -0.15) is 5.10 Å². The summed E-state index contributed by atoms with van der Waals surface area (Å²) in [7, 11) is 1.65. The Kier molecular flexibility index (Phi) is 25.8. The number of amides is 7. The number of phenolic OH excluding ortho intramolecular Hbond substituents is 1. The molecule has 34 heteroatoms. The van der Waals surface area contributed by atoms with Crippen molar-refractivity contribution in [1.29, 1.82) is 0 Å². The van der Waals surface area contributed by atoms with E-state index in [9.17, 15) is 74.6 Å². The fourth-order valence-corrected chi connectivity index (χ4v) is 11.7. The number of β-amino-alcohol motifs (C(OH)–C–C–N with tert-alkyl or cyclic N) is 1. The predicted molar refractivity (Wildman–Crippen MR) is 313 cm³/mol. The van der Waals surface area contributed by atoms with Crippen molar-refractivity contribution in [2.45, 2.75) is 119 Å². The van der Waals surface area contributed by atoms with E-state index in [0.29, 0.717) is 34.4 Å². The number of aliphatic hydroxyl groups excluding tert-OH is 6. The number of ether oxygens (including phenoxy) is 2. The van der Waals surface area contributed by atoms with Crippen molar-refractivity contribution >= 4 is 70.0 Å². The molecule has 31 nitrogen and oxygen atoms in total. The smallest absolute Gasteiger partial charge is 0.691 e. The normalized spacial score (nSPS) is 24.7. The number of imidazole rings is 1. The molecule has 2 aromatic heterocycles. The number of unbranched alkanes of at least 4 members (excludes halogenated alkanes) is 1. The van der Waals surface area contributed by atoms with E-state index in [1.54, 1.807) is 30.0 Å². The molecule has 5 aromatic rings. The number of aliphatic hydroxyl groups is 6. The number of hydrogen-bond donors (Lipinski definition) is 12. The van der Waals surface area contributed by atoms with Gasteiger partial charge in [-0.15, -0.1) is 4.33 Å². The van der Waals surface area contributed by atoms with E-state index in [2.05, 4.69) is 40.8 Å². The Morgan fingerprint density at radius 3 is 2.21 bits per heavy atom. The van der Waals surface area contributed by atoms with Crippen molar-refractivity contribution in [2.75, 3.05) is 46.5 Å². The van der Waals surface area contributed by atoms with Gasteiger partial charge in [0.1, 0.15) is 47.0 Å². The first-order valence-corrected chi connectivity index (χ1v) is 29.9. The van der Waals surface area contributed by atoms with Gasteiger partial charge in [0.25, 0.3) is 18.2 Å². The van der Waals surface area contributed by atoms with Crippen molar-refractivity contribution in [3.05, 3.63) is 95.5 Å². The summed E-state index contributed by atoms with van der Waals surface area (Å²) < 4.78 is 21.7. The van der Waals surface area contributed by atoms with Crippen LogP contribution in [0.3, 0.4) is 0 Å². The van der Waals surface area contributed by atoms with Gasteiger partial charge < -0.3 is 95.9 Å². The maximum atomic E-state index is 14.6. The van der Waals surface area contributed by atoms with Crippen LogP contribution in [-0.4, -0.2) is 221 Å². The molecule has 0 radical (unpaired) electrons. The second kappa shape index (κ2) is 32.9. The molecular formula is C57H68N11NaO20S2. The summed E-state index contributed by atoms with van der Waals surface area (Å²) in [5.41, 5.74) is 2.05. The first-order valence-electron chi connectivity index (χ1n) is 28.4. The maximum absolute atomic E-state index is 14.6. The Bertz CT molecular complexity index is 3360. The molecule has 3 aliphatic heterocycles. The Morgan fingerprint density at radius 2 is 1.53 bits per heavy atom. The monoisotopic (exact) mass is 1310 g/mol. The van der Waals surface area contributed by atoms with Crippen LogP contribution in [0, 0.1) is 12.5 Å². The number of fused-ring (bicyclic) bond motifs is 3. The third-order valence-corrected chi connectivity index (χ3v) is 16.6. The maximum Gasteiger partial charge on any atom is 1.00 e. The van der Waals surface area contributed by atoms with Crippen LogP contribution < -0.4 is 70.3 Å². The van der Waals surface area contributed by atoms with Gasteiger partial charge in [0.15, 0.2) is 17.6 Å². The predicted octanol–water partition coefficient (Wildman–Crippen LogP) is -5.33. The second-order valence-corrected chi connectivity index (χ2v) is 23.2. The van der Waals surface area contributed by atoms with Crippen molar-refractivity contribution in [3.8, 4) is 39.1 Å². The van der Waals surface area contributed by atoms with E-state index in [4.69, 9.17) is 30.3 Å². The number of nitrogens with one attached hydrogen (secondary N) is 5. The third kappa shape index (κ3) is 17.9. The van der Waals surface area contributed by atoms with Crippen molar-refractivity contribution in [2.24, 2.45) is 5.92 Å². The van der Waals surface area contributed by atoms with Crippen molar-refractivity contribution < 1.29 is 127 Å². The number of carbonyl (C=O) groups is 7. The van der Waals surface area contributed by atoms with Crippen LogP contribution in [0.15, 0.2) is 72.9 Å². The molecule has 91 heavy (non-hydrogen) atoms. The summed E-state index contributed by atoms with van der Waals surface area (Å²) in [5, 5.41) is 109. The zero-order chi connectivity index (χ0) is 64.9. The van der Waals surface area contributed by atoms with Gasteiger partial charge >= 0.3 is 29.6 Å². The largest absolute Gasteiger partial charge is 1.00 e. The molecule has 484 valence electrons. The van der Waals surface area contributed by atoms with Crippen LogP contribution in [0.1, 0.15) is 55.5 Å². The Morgan fingerprint density at radius 1 is 0.846 bits per heavy atom. The number of hydrogen-bond acceptors (Lipinski definition) is 24. The molecule has 0 saturated carbocycles. The van der Waals surface area contributed by atoms with Gasteiger partial charge in [-0.1, -0.05) is 36.5 Å². The van der Waals surface area contributed by atoms with Gasteiger partial charge in [0.2, 0.25) is 46.9 Å². The number of aromatic nitrogens is 3.